The topological polar surface area (TPSA) is 81.1 Å². The van der Waals surface area contributed by atoms with Crippen LogP contribution in [0.1, 0.15) is 39.2 Å². The Kier molecular flexibility index (Phi) is 8.96. The largest absolute Gasteiger partial charge is 0.504 e. The van der Waals surface area contributed by atoms with Crippen LogP contribution in [0.2, 0.25) is 0 Å². The monoisotopic (exact) mass is 422 g/mol. The van der Waals surface area contributed by atoms with Gasteiger partial charge in [0, 0.05) is 18.0 Å². The average Bonchev–Trinajstić information content (AvgIpc) is 2.72. The number of unbranched alkanes of at least 4 members (excludes halogenated alkanes) is 1. The van der Waals surface area contributed by atoms with Crippen molar-refractivity contribution in [2.24, 2.45) is 0 Å². The van der Waals surface area contributed by atoms with Gasteiger partial charge in [-0.3, -0.25) is 9.55 Å². The van der Waals surface area contributed by atoms with E-state index in [2.05, 4.69) is 11.9 Å². The zero-order chi connectivity index (χ0) is 21.3. The zero-order valence-electron chi connectivity index (χ0n) is 17.6. The van der Waals surface area contributed by atoms with Crippen LogP contribution in [-0.4, -0.2) is 36.7 Å². The molecule has 0 fully saturated rings. The number of aromatic hydroxyl groups is 1. The van der Waals surface area contributed by atoms with Crippen LogP contribution in [0.15, 0.2) is 36.7 Å². The molecule has 1 N–H and O–H groups in total. The molecule has 8 heteroatoms. The number of rotatable bonds is 12. The third-order valence-corrected chi connectivity index (χ3v) is 6.33. The Morgan fingerprint density at radius 1 is 1.14 bits per heavy atom. The predicted octanol–water partition coefficient (Wildman–Crippen LogP) is 5.50. The highest BCUT2D eigenvalue weighted by Gasteiger charge is 2.29. The van der Waals surface area contributed by atoms with Crippen LogP contribution in [0.3, 0.4) is 0 Å². The van der Waals surface area contributed by atoms with E-state index in [4.69, 9.17) is 13.8 Å². The molecule has 2 rings (SSSR count). The van der Waals surface area contributed by atoms with Gasteiger partial charge < -0.3 is 23.8 Å². The number of pyridine rings is 1. The van der Waals surface area contributed by atoms with Gasteiger partial charge in [0.15, 0.2) is 11.5 Å². The number of ether oxygens (including phenoxy) is 1. The first-order chi connectivity index (χ1) is 14.0. The Labute approximate surface area is 173 Å². The third-order valence-electron chi connectivity index (χ3n) is 4.39. The SMILES string of the molecule is CCCCc1cc(N(CP(=O)(OCC)OCC)c2cccnc2)cc(OC)c1O. The van der Waals surface area contributed by atoms with Gasteiger partial charge in [0.25, 0.3) is 0 Å². The van der Waals surface area contributed by atoms with Gasteiger partial charge in [-0.2, -0.15) is 0 Å². The lowest BCUT2D eigenvalue weighted by Gasteiger charge is -2.29. The van der Waals surface area contributed by atoms with Crippen LogP contribution in [0.25, 0.3) is 0 Å². The fourth-order valence-electron chi connectivity index (χ4n) is 3.03. The first-order valence-electron chi connectivity index (χ1n) is 9.93. The smallest absolute Gasteiger partial charge is 0.350 e. The molecule has 0 amide bonds. The molecule has 7 nitrogen and oxygen atoms in total. The molecule has 29 heavy (non-hydrogen) atoms. The number of phenols is 1. The second-order valence-corrected chi connectivity index (χ2v) is 8.51. The Morgan fingerprint density at radius 3 is 2.41 bits per heavy atom. The van der Waals surface area contributed by atoms with E-state index in [1.54, 1.807) is 32.3 Å². The molecule has 0 saturated heterocycles. The van der Waals surface area contributed by atoms with Crippen LogP contribution in [0, 0.1) is 0 Å². The minimum absolute atomic E-state index is 0.0154. The Hall–Kier alpha value is -2.08. The van der Waals surface area contributed by atoms with Gasteiger partial charge in [-0.1, -0.05) is 13.3 Å². The van der Waals surface area contributed by atoms with Crippen molar-refractivity contribution in [1.29, 1.82) is 0 Å². The quantitative estimate of drug-likeness (QED) is 0.452. The maximum Gasteiger partial charge on any atom is 0.350 e. The molecule has 0 aliphatic heterocycles. The Balaban J connectivity index is 2.55. The number of hydrogen-bond donors (Lipinski definition) is 1. The number of benzene rings is 1. The summed E-state index contributed by atoms with van der Waals surface area (Å²) in [6, 6.07) is 7.30. The van der Waals surface area contributed by atoms with Crippen molar-refractivity contribution in [1.82, 2.24) is 4.98 Å². The lowest BCUT2D eigenvalue weighted by Crippen LogP contribution is -2.21. The molecule has 160 valence electrons. The minimum atomic E-state index is -3.38. The van der Waals surface area contributed by atoms with Crippen LogP contribution in [0.5, 0.6) is 11.5 Å². The molecule has 1 heterocycles. The van der Waals surface area contributed by atoms with Gasteiger partial charge in [-0.15, -0.1) is 0 Å². The summed E-state index contributed by atoms with van der Waals surface area (Å²) in [6.07, 6.45) is 6.03. The summed E-state index contributed by atoms with van der Waals surface area (Å²) in [5, 5.41) is 10.5. The fourth-order valence-corrected chi connectivity index (χ4v) is 4.73. The predicted molar refractivity (Wildman–Crippen MR) is 115 cm³/mol. The maximum absolute atomic E-state index is 13.3. The van der Waals surface area contributed by atoms with E-state index in [-0.39, 0.29) is 25.2 Å². The van der Waals surface area contributed by atoms with Gasteiger partial charge in [0.2, 0.25) is 0 Å². The third kappa shape index (κ3) is 6.20. The van der Waals surface area contributed by atoms with Crippen LogP contribution < -0.4 is 9.64 Å². The highest BCUT2D eigenvalue weighted by Crippen LogP contribution is 2.51. The van der Waals surface area contributed by atoms with Crippen molar-refractivity contribution in [2.75, 3.05) is 31.5 Å². The van der Waals surface area contributed by atoms with Gasteiger partial charge in [-0.05, 0) is 50.5 Å². The molecule has 0 unspecified atom stereocenters. The van der Waals surface area contributed by atoms with Crippen LogP contribution >= 0.6 is 7.60 Å². The summed E-state index contributed by atoms with van der Waals surface area (Å²) in [5.74, 6) is 0.499. The second kappa shape index (κ2) is 11.2. The number of hydrogen-bond acceptors (Lipinski definition) is 7. The Morgan fingerprint density at radius 2 is 1.86 bits per heavy atom. The molecule has 0 saturated carbocycles. The number of anilines is 2. The van der Waals surface area contributed by atoms with Crippen molar-refractivity contribution in [3.8, 4) is 11.5 Å². The molecule has 1 aromatic carbocycles. The van der Waals surface area contributed by atoms with Crippen molar-refractivity contribution in [3.05, 3.63) is 42.2 Å². The normalized spacial score (nSPS) is 11.4. The lowest BCUT2D eigenvalue weighted by molar-refractivity contribution is 0.220. The van der Waals surface area contributed by atoms with Gasteiger partial charge >= 0.3 is 7.60 Å². The molecular weight excluding hydrogens is 391 g/mol. The minimum Gasteiger partial charge on any atom is -0.504 e. The number of nitrogens with zero attached hydrogens (tertiary/aromatic N) is 2. The van der Waals surface area contributed by atoms with Crippen molar-refractivity contribution >= 4 is 19.0 Å². The summed E-state index contributed by atoms with van der Waals surface area (Å²) >= 11 is 0. The number of aryl methyl sites for hydroxylation is 1. The highest BCUT2D eigenvalue weighted by molar-refractivity contribution is 7.54. The van der Waals surface area contributed by atoms with Crippen molar-refractivity contribution in [3.63, 3.8) is 0 Å². The average molecular weight is 422 g/mol. The molecule has 0 aliphatic carbocycles. The van der Waals surface area contributed by atoms with Crippen LogP contribution in [-0.2, 0) is 20.0 Å². The van der Waals surface area contributed by atoms with Crippen molar-refractivity contribution in [2.45, 2.75) is 40.0 Å². The number of phenolic OH excluding ortho intramolecular Hbond substituents is 1. The van der Waals surface area contributed by atoms with E-state index < -0.39 is 7.60 Å². The first-order valence-corrected chi connectivity index (χ1v) is 11.7. The van der Waals surface area contributed by atoms with E-state index in [1.807, 2.05) is 23.1 Å². The highest BCUT2D eigenvalue weighted by atomic mass is 31.2. The summed E-state index contributed by atoms with van der Waals surface area (Å²) < 4.78 is 29.7. The van der Waals surface area contributed by atoms with E-state index in [1.165, 1.54) is 7.11 Å². The molecular formula is C21H31N2O5P. The van der Waals surface area contributed by atoms with Crippen molar-refractivity contribution < 1.29 is 23.5 Å². The van der Waals surface area contributed by atoms with E-state index >= 15 is 0 Å². The zero-order valence-corrected chi connectivity index (χ0v) is 18.5. The molecule has 0 atom stereocenters. The second-order valence-electron chi connectivity index (χ2n) is 6.49. The fraction of sp³-hybridized carbons (Fsp3) is 0.476. The summed E-state index contributed by atoms with van der Waals surface area (Å²) in [4.78, 5) is 6.02. The van der Waals surface area contributed by atoms with Crippen LogP contribution in [0.4, 0.5) is 11.4 Å². The molecule has 2 aromatic rings. The molecule has 0 bridgehead atoms. The first kappa shape index (κ1) is 23.2. The standard InChI is InChI=1S/C21H31N2O5P/c1-5-8-10-17-13-19(14-20(26-4)21(17)24)23(18-11-9-12-22-15-18)16-29(25,27-6-2)28-7-3/h9,11-15,24H,5-8,10,16H2,1-4H3. The number of aromatic nitrogens is 1. The molecule has 0 aliphatic rings. The van der Waals surface area contributed by atoms with E-state index in [9.17, 15) is 9.67 Å². The Bertz CT molecular complexity index is 806. The summed E-state index contributed by atoms with van der Waals surface area (Å²) in [6.45, 7) is 6.22. The van der Waals surface area contributed by atoms with Gasteiger partial charge in [0.05, 0.1) is 32.2 Å². The molecule has 1 aromatic heterocycles. The van der Waals surface area contributed by atoms with E-state index in [0.717, 1.165) is 29.8 Å². The molecule has 0 spiro atoms. The summed E-state index contributed by atoms with van der Waals surface area (Å²) in [5.41, 5.74) is 2.23. The summed E-state index contributed by atoms with van der Waals surface area (Å²) in [7, 11) is -1.87. The lowest BCUT2D eigenvalue weighted by atomic mass is 10.1. The van der Waals surface area contributed by atoms with Gasteiger partial charge in [0.1, 0.15) is 6.29 Å². The molecule has 0 radical (unpaired) electrons. The van der Waals surface area contributed by atoms with E-state index in [0.29, 0.717) is 12.2 Å². The van der Waals surface area contributed by atoms with Gasteiger partial charge in [-0.25, -0.2) is 0 Å². The maximum atomic E-state index is 13.3. The number of methoxy groups -OCH3 is 1.